The van der Waals surface area contributed by atoms with Crippen molar-refractivity contribution in [3.8, 4) is 0 Å². The summed E-state index contributed by atoms with van der Waals surface area (Å²) in [5.41, 5.74) is 9.29. The minimum Gasteiger partial charge on any atom is -0.350 e. The van der Waals surface area contributed by atoms with Gasteiger partial charge in [0, 0.05) is 22.4 Å². The van der Waals surface area contributed by atoms with E-state index in [1.54, 1.807) is 11.8 Å². The second-order valence-corrected chi connectivity index (χ2v) is 4.51. The minimum absolute atomic E-state index is 0.573. The van der Waals surface area contributed by atoms with E-state index in [2.05, 4.69) is 33.2 Å². The Hall–Kier alpha value is -1.58. The third-order valence-corrected chi connectivity index (χ3v) is 3.25. The van der Waals surface area contributed by atoms with Crippen molar-refractivity contribution in [2.24, 2.45) is 5.11 Å². The number of aromatic amines is 1. The molecule has 16 heavy (non-hydrogen) atoms. The smallest absolute Gasteiger partial charge is 0.0732 e. The molecule has 0 saturated heterocycles. The van der Waals surface area contributed by atoms with E-state index in [9.17, 15) is 0 Å². The standard InChI is InChI=1S/C11H12N4S/c12-15-13-6-3-7-16-11-8-9-4-1-2-5-10(9)14-11/h1-2,4-5,8,14H,3,6-7H2. The molecule has 2 aromatic rings. The van der Waals surface area contributed by atoms with Crippen molar-refractivity contribution in [2.45, 2.75) is 11.4 Å². The third-order valence-electron chi connectivity index (χ3n) is 2.23. The van der Waals surface area contributed by atoms with E-state index in [1.807, 2.05) is 12.1 Å². The lowest BCUT2D eigenvalue weighted by molar-refractivity contribution is 0.931. The summed E-state index contributed by atoms with van der Waals surface area (Å²) in [6, 6.07) is 10.4. The van der Waals surface area contributed by atoms with E-state index in [-0.39, 0.29) is 0 Å². The van der Waals surface area contributed by atoms with Gasteiger partial charge in [-0.05, 0) is 29.8 Å². The number of benzene rings is 1. The van der Waals surface area contributed by atoms with Crippen LogP contribution in [0.2, 0.25) is 0 Å². The second kappa shape index (κ2) is 5.49. The molecule has 1 N–H and O–H groups in total. The van der Waals surface area contributed by atoms with Gasteiger partial charge in [-0.15, -0.1) is 11.8 Å². The predicted octanol–water partition coefficient (Wildman–Crippen LogP) is 3.96. The molecular weight excluding hydrogens is 220 g/mol. The van der Waals surface area contributed by atoms with Gasteiger partial charge in [-0.25, -0.2) is 0 Å². The number of hydrogen-bond donors (Lipinski definition) is 1. The fourth-order valence-electron chi connectivity index (χ4n) is 1.49. The van der Waals surface area contributed by atoms with E-state index in [1.165, 1.54) is 15.9 Å². The molecule has 0 bridgehead atoms. The van der Waals surface area contributed by atoms with Crippen LogP contribution >= 0.6 is 11.8 Å². The summed E-state index contributed by atoms with van der Waals surface area (Å²) in [5.74, 6) is 0.964. The Balaban J connectivity index is 1.92. The highest BCUT2D eigenvalue weighted by Gasteiger charge is 1.99. The summed E-state index contributed by atoms with van der Waals surface area (Å²) in [5, 5.41) is 5.91. The van der Waals surface area contributed by atoms with E-state index in [0.717, 1.165) is 12.2 Å². The molecule has 0 spiro atoms. The molecular formula is C11H12N4S. The highest BCUT2D eigenvalue weighted by molar-refractivity contribution is 7.99. The summed E-state index contributed by atoms with van der Waals surface area (Å²) in [6.45, 7) is 0.573. The molecule has 0 radical (unpaired) electrons. The number of aromatic nitrogens is 1. The molecule has 1 heterocycles. The molecule has 82 valence electrons. The first-order valence-electron chi connectivity index (χ1n) is 5.11. The molecule has 0 unspecified atom stereocenters. The van der Waals surface area contributed by atoms with Crippen LogP contribution in [0.5, 0.6) is 0 Å². The second-order valence-electron chi connectivity index (χ2n) is 3.38. The summed E-state index contributed by atoms with van der Waals surface area (Å²) < 4.78 is 0. The Bertz CT molecular complexity index is 480. The van der Waals surface area contributed by atoms with Gasteiger partial charge in [-0.3, -0.25) is 0 Å². The van der Waals surface area contributed by atoms with E-state index < -0.39 is 0 Å². The van der Waals surface area contributed by atoms with Crippen LogP contribution in [-0.2, 0) is 0 Å². The van der Waals surface area contributed by atoms with Crippen LogP contribution in [-0.4, -0.2) is 17.3 Å². The summed E-state index contributed by atoms with van der Waals surface area (Å²) >= 11 is 1.76. The highest BCUT2D eigenvalue weighted by atomic mass is 32.2. The quantitative estimate of drug-likeness (QED) is 0.274. The molecule has 0 atom stereocenters. The van der Waals surface area contributed by atoms with Crippen LogP contribution in [0.3, 0.4) is 0 Å². The number of nitrogens with zero attached hydrogens (tertiary/aromatic N) is 3. The van der Waals surface area contributed by atoms with E-state index in [0.29, 0.717) is 6.54 Å². The Morgan fingerprint density at radius 2 is 2.25 bits per heavy atom. The molecule has 0 amide bonds. The zero-order chi connectivity index (χ0) is 11.2. The lowest BCUT2D eigenvalue weighted by Crippen LogP contribution is -1.83. The first kappa shape index (κ1) is 10.9. The number of para-hydroxylation sites is 1. The first-order valence-corrected chi connectivity index (χ1v) is 6.10. The third kappa shape index (κ3) is 2.72. The molecule has 1 aromatic carbocycles. The molecule has 0 saturated carbocycles. The fourth-order valence-corrected chi connectivity index (χ4v) is 2.37. The van der Waals surface area contributed by atoms with Crippen LogP contribution in [0.15, 0.2) is 40.5 Å². The maximum Gasteiger partial charge on any atom is 0.0732 e. The first-order chi connectivity index (χ1) is 7.90. The number of fused-ring (bicyclic) bond motifs is 1. The molecule has 4 nitrogen and oxygen atoms in total. The van der Waals surface area contributed by atoms with Crippen LogP contribution in [0.25, 0.3) is 21.3 Å². The van der Waals surface area contributed by atoms with E-state index in [4.69, 9.17) is 5.53 Å². The molecule has 5 heteroatoms. The van der Waals surface area contributed by atoms with Gasteiger partial charge < -0.3 is 4.98 Å². The van der Waals surface area contributed by atoms with Crippen LogP contribution in [0.1, 0.15) is 6.42 Å². The Morgan fingerprint density at radius 1 is 1.38 bits per heavy atom. The Kier molecular flexibility index (Phi) is 3.75. The normalized spacial score (nSPS) is 10.2. The monoisotopic (exact) mass is 232 g/mol. The van der Waals surface area contributed by atoms with Gasteiger partial charge in [-0.1, -0.05) is 23.3 Å². The summed E-state index contributed by atoms with van der Waals surface area (Å²) in [6.07, 6.45) is 0.907. The van der Waals surface area contributed by atoms with Crippen molar-refractivity contribution in [2.75, 3.05) is 12.3 Å². The lowest BCUT2D eigenvalue weighted by Gasteiger charge is -1.94. The minimum atomic E-state index is 0.573. The van der Waals surface area contributed by atoms with Crippen molar-refractivity contribution in [1.29, 1.82) is 0 Å². The van der Waals surface area contributed by atoms with Crippen molar-refractivity contribution in [1.82, 2.24) is 4.98 Å². The van der Waals surface area contributed by atoms with Gasteiger partial charge >= 0.3 is 0 Å². The fraction of sp³-hybridized carbons (Fsp3) is 0.273. The zero-order valence-electron chi connectivity index (χ0n) is 8.76. The SMILES string of the molecule is [N-]=[N+]=NCCCSc1cc2ccccc2[nH]1. The average Bonchev–Trinajstić information content (AvgIpc) is 2.71. The number of rotatable bonds is 5. The predicted molar refractivity (Wildman–Crippen MR) is 67.7 cm³/mol. The maximum absolute atomic E-state index is 8.12. The zero-order valence-corrected chi connectivity index (χ0v) is 9.57. The van der Waals surface area contributed by atoms with Crippen molar-refractivity contribution < 1.29 is 0 Å². The van der Waals surface area contributed by atoms with Crippen molar-refractivity contribution >= 4 is 22.7 Å². The van der Waals surface area contributed by atoms with Gasteiger partial charge in [-0.2, -0.15) is 0 Å². The average molecular weight is 232 g/mol. The van der Waals surface area contributed by atoms with E-state index >= 15 is 0 Å². The van der Waals surface area contributed by atoms with Gasteiger partial charge in [0.25, 0.3) is 0 Å². The van der Waals surface area contributed by atoms with Gasteiger partial charge in [0.15, 0.2) is 0 Å². The van der Waals surface area contributed by atoms with Crippen LogP contribution in [0.4, 0.5) is 0 Å². The van der Waals surface area contributed by atoms with Gasteiger partial charge in [0.1, 0.15) is 0 Å². The van der Waals surface area contributed by atoms with Crippen LogP contribution < -0.4 is 0 Å². The topological polar surface area (TPSA) is 64.6 Å². The molecule has 0 aliphatic heterocycles. The molecule has 0 aliphatic carbocycles. The number of hydrogen-bond acceptors (Lipinski definition) is 2. The van der Waals surface area contributed by atoms with Gasteiger partial charge in [0.2, 0.25) is 0 Å². The molecule has 2 rings (SSSR count). The number of thioether (sulfide) groups is 1. The summed E-state index contributed by atoms with van der Waals surface area (Å²) in [4.78, 5) is 6.07. The Morgan fingerprint density at radius 3 is 3.06 bits per heavy atom. The molecule has 0 fully saturated rings. The molecule has 1 aromatic heterocycles. The van der Waals surface area contributed by atoms with Crippen molar-refractivity contribution in [3.63, 3.8) is 0 Å². The van der Waals surface area contributed by atoms with Crippen LogP contribution in [0, 0.1) is 0 Å². The van der Waals surface area contributed by atoms with Gasteiger partial charge in [0.05, 0.1) is 5.03 Å². The number of nitrogens with one attached hydrogen (secondary N) is 1. The largest absolute Gasteiger partial charge is 0.350 e. The summed E-state index contributed by atoms with van der Waals surface area (Å²) in [7, 11) is 0. The highest BCUT2D eigenvalue weighted by Crippen LogP contribution is 2.23. The maximum atomic E-state index is 8.12. The molecule has 0 aliphatic rings. The number of H-pyrrole nitrogens is 1. The van der Waals surface area contributed by atoms with Crippen molar-refractivity contribution in [3.05, 3.63) is 40.8 Å². The number of azide groups is 1. The Labute approximate surface area is 97.7 Å². The lowest BCUT2D eigenvalue weighted by atomic mass is 10.3.